The van der Waals surface area contributed by atoms with E-state index in [0.29, 0.717) is 36.4 Å². The van der Waals surface area contributed by atoms with Gasteiger partial charge in [0, 0.05) is 18.0 Å². The van der Waals surface area contributed by atoms with Crippen molar-refractivity contribution >= 4 is 23.8 Å². The average Bonchev–Trinajstić information content (AvgIpc) is 3.57. The van der Waals surface area contributed by atoms with Gasteiger partial charge in [0.05, 0.1) is 13.1 Å². The Morgan fingerprint density at radius 3 is 2.79 bits per heavy atom. The molecule has 4 aliphatic carbocycles. The van der Waals surface area contributed by atoms with Crippen LogP contribution in [-0.2, 0) is 4.74 Å². The minimum Gasteiger partial charge on any atom is -0.473 e. The number of carbonyl (C=O) groups is 2. The minimum atomic E-state index is -0.333. The molecule has 0 spiro atoms. The van der Waals surface area contributed by atoms with Crippen molar-refractivity contribution in [3.8, 4) is 5.88 Å². The van der Waals surface area contributed by atoms with Gasteiger partial charge in [0.25, 0.3) is 11.8 Å². The summed E-state index contributed by atoms with van der Waals surface area (Å²) in [5.74, 6) is 3.22. The minimum absolute atomic E-state index is 0.134. The lowest BCUT2D eigenvalue weighted by atomic mass is 9.79. The van der Waals surface area contributed by atoms with Crippen molar-refractivity contribution in [1.29, 1.82) is 0 Å². The zero-order chi connectivity index (χ0) is 23.2. The van der Waals surface area contributed by atoms with Gasteiger partial charge in [-0.3, -0.25) is 4.79 Å². The molecule has 4 unspecified atom stereocenters. The first-order chi connectivity index (χ1) is 16.6. The van der Waals surface area contributed by atoms with Crippen LogP contribution in [0.5, 0.6) is 5.88 Å². The van der Waals surface area contributed by atoms with E-state index in [-0.39, 0.29) is 36.3 Å². The second-order valence-electron chi connectivity index (χ2n) is 9.91. The van der Waals surface area contributed by atoms with Crippen LogP contribution in [-0.4, -0.2) is 66.3 Å². The quantitative estimate of drug-likeness (QED) is 0.557. The summed E-state index contributed by atoms with van der Waals surface area (Å²) in [4.78, 5) is 30.4. The van der Waals surface area contributed by atoms with E-state index in [9.17, 15) is 9.59 Å². The number of benzene rings is 1. The second-order valence-corrected chi connectivity index (χ2v) is 11.0. The first-order valence-electron chi connectivity index (χ1n) is 12.1. The highest BCUT2D eigenvalue weighted by Crippen LogP contribution is 2.59. The third-order valence-electron chi connectivity index (χ3n) is 8.00. The maximum atomic E-state index is 13.7. The molecule has 2 amide bonds. The standard InChI is InChI=1S/C25H29N3O5S/c1-27(20-17-12-15-11-16(14-17)19(20)13-15)24(29)21-22(34-18-5-3-2-4-6-18)23(26-33-21)31-9-7-28-8-10-32-25(28)30/h2-6,15-17,19-20H,7-14H2,1H3/t15-,16?,17?,19?,20?/m0/s1. The molecule has 7 rings (SSSR count). The van der Waals surface area contributed by atoms with E-state index in [2.05, 4.69) is 5.16 Å². The van der Waals surface area contributed by atoms with Crippen molar-refractivity contribution < 1.29 is 23.6 Å². The van der Waals surface area contributed by atoms with Crippen LogP contribution in [0.25, 0.3) is 0 Å². The van der Waals surface area contributed by atoms with Crippen LogP contribution in [0.1, 0.15) is 36.2 Å². The van der Waals surface area contributed by atoms with Crippen LogP contribution in [0.3, 0.4) is 0 Å². The van der Waals surface area contributed by atoms with E-state index in [0.717, 1.165) is 16.7 Å². The Bertz CT molecular complexity index is 1070. The lowest BCUT2D eigenvalue weighted by Gasteiger charge is -2.37. The summed E-state index contributed by atoms with van der Waals surface area (Å²) in [6.07, 6.45) is 4.74. The smallest absolute Gasteiger partial charge is 0.410 e. The first-order valence-corrected chi connectivity index (χ1v) is 12.9. The number of hydrogen-bond donors (Lipinski definition) is 0. The Morgan fingerprint density at radius 1 is 1.21 bits per heavy atom. The Hall–Kier alpha value is -2.68. The fraction of sp³-hybridized carbons (Fsp3) is 0.560. The van der Waals surface area contributed by atoms with Crippen molar-refractivity contribution in [2.45, 2.75) is 41.5 Å². The maximum Gasteiger partial charge on any atom is 0.410 e. The second kappa shape index (κ2) is 8.83. The number of carbonyl (C=O) groups excluding carboxylic acids is 2. The van der Waals surface area contributed by atoms with Crippen molar-refractivity contribution in [3.63, 3.8) is 0 Å². The van der Waals surface area contributed by atoms with Crippen LogP contribution in [0.4, 0.5) is 4.79 Å². The van der Waals surface area contributed by atoms with Crippen LogP contribution >= 0.6 is 11.8 Å². The normalized spacial score (nSPS) is 29.0. The van der Waals surface area contributed by atoms with E-state index in [1.165, 1.54) is 37.4 Å². The number of aromatic nitrogens is 1. The van der Waals surface area contributed by atoms with E-state index < -0.39 is 0 Å². The molecule has 1 aromatic heterocycles. The van der Waals surface area contributed by atoms with Crippen LogP contribution in [0, 0.1) is 23.7 Å². The van der Waals surface area contributed by atoms with Gasteiger partial charge in [0.2, 0.25) is 5.76 Å². The Kier molecular flexibility index (Phi) is 5.67. The molecule has 2 aromatic rings. The van der Waals surface area contributed by atoms with Crippen LogP contribution in [0.2, 0.25) is 0 Å². The summed E-state index contributed by atoms with van der Waals surface area (Å²) >= 11 is 1.42. The van der Waals surface area contributed by atoms with Crippen molar-refractivity contribution in [2.24, 2.45) is 23.7 Å². The molecule has 1 aliphatic heterocycles. The van der Waals surface area contributed by atoms with Crippen LogP contribution < -0.4 is 4.74 Å². The van der Waals surface area contributed by atoms with Gasteiger partial charge in [-0.25, -0.2) is 4.79 Å². The molecule has 0 N–H and O–H groups in total. The zero-order valence-electron chi connectivity index (χ0n) is 19.2. The van der Waals surface area contributed by atoms with Gasteiger partial charge < -0.3 is 23.8 Å². The van der Waals surface area contributed by atoms with Gasteiger partial charge in [0.1, 0.15) is 18.1 Å². The van der Waals surface area contributed by atoms with Crippen molar-refractivity contribution in [1.82, 2.24) is 15.0 Å². The number of amides is 2. The van der Waals surface area contributed by atoms with Crippen LogP contribution in [0.15, 0.2) is 44.6 Å². The van der Waals surface area contributed by atoms with Crippen molar-refractivity contribution in [2.75, 3.05) is 33.4 Å². The molecular weight excluding hydrogens is 454 g/mol. The third-order valence-corrected chi connectivity index (χ3v) is 9.07. The molecule has 34 heavy (non-hydrogen) atoms. The lowest BCUT2D eigenvalue weighted by Crippen LogP contribution is -2.45. The third kappa shape index (κ3) is 3.83. The number of cyclic esters (lactones) is 1. The van der Waals surface area contributed by atoms with Gasteiger partial charge in [0.15, 0.2) is 0 Å². The summed E-state index contributed by atoms with van der Waals surface area (Å²) in [7, 11) is 1.92. The molecule has 4 saturated carbocycles. The highest BCUT2D eigenvalue weighted by atomic mass is 32.2. The maximum absolute atomic E-state index is 13.7. The van der Waals surface area contributed by atoms with Crippen molar-refractivity contribution in [3.05, 3.63) is 36.1 Å². The van der Waals surface area contributed by atoms with E-state index in [4.69, 9.17) is 14.0 Å². The molecular formula is C25H29N3O5S. The lowest BCUT2D eigenvalue weighted by molar-refractivity contribution is 0.0529. The topological polar surface area (TPSA) is 85.1 Å². The van der Waals surface area contributed by atoms with Gasteiger partial charge in [-0.1, -0.05) is 30.0 Å². The molecule has 180 valence electrons. The van der Waals surface area contributed by atoms with E-state index >= 15 is 0 Å². The summed E-state index contributed by atoms with van der Waals surface area (Å²) < 4.78 is 16.5. The number of hydrogen-bond acceptors (Lipinski definition) is 7. The van der Waals surface area contributed by atoms with Gasteiger partial charge >= 0.3 is 6.09 Å². The largest absolute Gasteiger partial charge is 0.473 e. The molecule has 1 saturated heterocycles. The predicted octanol–water partition coefficient (Wildman–Crippen LogP) is 4.16. The molecule has 5 atom stereocenters. The molecule has 1 aromatic carbocycles. The summed E-state index contributed by atoms with van der Waals surface area (Å²) in [5.41, 5.74) is 0. The zero-order valence-corrected chi connectivity index (χ0v) is 20.0. The Balaban J connectivity index is 1.22. The molecule has 5 aliphatic rings. The fourth-order valence-corrected chi connectivity index (χ4v) is 7.60. The molecule has 4 bridgehead atoms. The predicted molar refractivity (Wildman–Crippen MR) is 124 cm³/mol. The highest BCUT2D eigenvalue weighted by molar-refractivity contribution is 7.99. The van der Waals surface area contributed by atoms with E-state index in [1.54, 1.807) is 4.90 Å². The first kappa shape index (κ1) is 21.8. The van der Waals surface area contributed by atoms with Gasteiger partial charge in [-0.05, 0) is 66.6 Å². The molecule has 5 fully saturated rings. The molecule has 0 radical (unpaired) electrons. The SMILES string of the molecule is CN(C(=O)c1onc(OCCN2CCOC2=O)c1Sc1ccccc1)C1C2CC3C[C@@H](C2)CC31. The fourth-order valence-electron chi connectivity index (χ4n) is 6.67. The summed E-state index contributed by atoms with van der Waals surface area (Å²) in [6.45, 7) is 1.57. The molecule has 8 nitrogen and oxygen atoms in total. The number of nitrogens with zero attached hydrogens (tertiary/aromatic N) is 3. The summed E-state index contributed by atoms with van der Waals surface area (Å²) in [6, 6.07) is 10.1. The summed E-state index contributed by atoms with van der Waals surface area (Å²) in [5, 5.41) is 4.12. The Labute approximate surface area is 202 Å². The molecule has 2 heterocycles. The monoisotopic (exact) mass is 483 g/mol. The molecule has 9 heteroatoms. The van der Waals surface area contributed by atoms with E-state index in [1.807, 2.05) is 42.3 Å². The number of rotatable bonds is 8. The number of ether oxygens (including phenoxy) is 2. The average molecular weight is 484 g/mol. The van der Waals surface area contributed by atoms with Gasteiger partial charge in [-0.2, -0.15) is 0 Å². The van der Waals surface area contributed by atoms with Gasteiger partial charge in [-0.15, -0.1) is 0 Å². The highest BCUT2D eigenvalue weighted by Gasteiger charge is 2.56. The Morgan fingerprint density at radius 2 is 2.03 bits per heavy atom.